The van der Waals surface area contributed by atoms with Crippen LogP contribution in [0, 0.1) is 0 Å². The highest BCUT2D eigenvalue weighted by Crippen LogP contribution is 2.24. The van der Waals surface area contributed by atoms with Gasteiger partial charge in [0.2, 0.25) is 0 Å². The first-order valence-corrected chi connectivity index (χ1v) is 7.16. The standard InChI is InChI=1S/C18H16N2O2/c1-2-13-8-10-14(11-9-13)17-16(18(21)22)12-20(19-17)15-6-4-3-5-7-15/h3-12H,2H2,1H3,(H,21,22). The largest absolute Gasteiger partial charge is 0.478 e. The van der Waals surface area contributed by atoms with E-state index in [1.54, 1.807) is 10.9 Å². The molecular weight excluding hydrogens is 276 g/mol. The monoisotopic (exact) mass is 292 g/mol. The van der Waals surface area contributed by atoms with Crippen LogP contribution in [0.3, 0.4) is 0 Å². The Morgan fingerprint density at radius 3 is 2.36 bits per heavy atom. The second kappa shape index (κ2) is 5.85. The summed E-state index contributed by atoms with van der Waals surface area (Å²) in [5, 5.41) is 13.9. The average Bonchev–Trinajstić information content (AvgIpc) is 3.01. The third-order valence-electron chi connectivity index (χ3n) is 3.60. The molecule has 1 heterocycles. The molecule has 0 saturated carbocycles. The van der Waals surface area contributed by atoms with E-state index in [1.165, 1.54) is 5.56 Å². The molecule has 4 heteroatoms. The Kier molecular flexibility index (Phi) is 3.74. The van der Waals surface area contributed by atoms with E-state index in [0.717, 1.165) is 17.7 Å². The molecule has 0 unspecified atom stereocenters. The molecule has 3 aromatic rings. The van der Waals surface area contributed by atoms with Gasteiger partial charge < -0.3 is 5.11 Å². The van der Waals surface area contributed by atoms with Crippen LogP contribution in [0.5, 0.6) is 0 Å². The minimum atomic E-state index is -0.975. The molecule has 1 aromatic heterocycles. The van der Waals surface area contributed by atoms with E-state index in [1.807, 2.05) is 54.6 Å². The number of benzene rings is 2. The first-order valence-electron chi connectivity index (χ1n) is 7.16. The van der Waals surface area contributed by atoms with Crippen molar-refractivity contribution in [3.63, 3.8) is 0 Å². The Labute approximate surface area is 128 Å². The number of carbonyl (C=O) groups is 1. The quantitative estimate of drug-likeness (QED) is 0.795. The number of aryl methyl sites for hydroxylation is 1. The predicted octanol–water partition coefficient (Wildman–Crippen LogP) is 3.80. The summed E-state index contributed by atoms with van der Waals surface area (Å²) in [7, 11) is 0. The van der Waals surface area contributed by atoms with Crippen molar-refractivity contribution in [1.29, 1.82) is 0 Å². The lowest BCUT2D eigenvalue weighted by molar-refractivity contribution is 0.0697. The van der Waals surface area contributed by atoms with Crippen LogP contribution in [-0.4, -0.2) is 20.9 Å². The Hall–Kier alpha value is -2.88. The highest BCUT2D eigenvalue weighted by atomic mass is 16.4. The first kappa shape index (κ1) is 14.1. The molecule has 0 atom stereocenters. The number of hydrogen-bond acceptors (Lipinski definition) is 2. The summed E-state index contributed by atoms with van der Waals surface area (Å²) in [4.78, 5) is 11.5. The number of aromatic nitrogens is 2. The van der Waals surface area contributed by atoms with Gasteiger partial charge in [0.15, 0.2) is 0 Å². The highest BCUT2D eigenvalue weighted by Gasteiger charge is 2.17. The second-order valence-electron chi connectivity index (χ2n) is 5.03. The molecule has 0 amide bonds. The second-order valence-corrected chi connectivity index (χ2v) is 5.03. The molecule has 0 radical (unpaired) electrons. The Balaban J connectivity index is 2.09. The van der Waals surface area contributed by atoms with Crippen molar-refractivity contribution in [3.8, 4) is 16.9 Å². The molecule has 0 saturated heterocycles. The third-order valence-corrected chi connectivity index (χ3v) is 3.60. The number of carboxylic acids is 1. The number of carboxylic acid groups (broad SMARTS) is 1. The van der Waals surface area contributed by atoms with Crippen molar-refractivity contribution in [2.45, 2.75) is 13.3 Å². The van der Waals surface area contributed by atoms with Crippen molar-refractivity contribution < 1.29 is 9.90 Å². The highest BCUT2D eigenvalue weighted by molar-refractivity contribution is 5.94. The van der Waals surface area contributed by atoms with Gasteiger partial charge in [-0.1, -0.05) is 49.4 Å². The van der Waals surface area contributed by atoms with Crippen LogP contribution in [0.2, 0.25) is 0 Å². The van der Waals surface area contributed by atoms with Crippen LogP contribution >= 0.6 is 0 Å². The maximum Gasteiger partial charge on any atom is 0.339 e. The van der Waals surface area contributed by atoms with Crippen LogP contribution < -0.4 is 0 Å². The third kappa shape index (κ3) is 2.63. The predicted molar refractivity (Wildman–Crippen MR) is 85.3 cm³/mol. The van der Waals surface area contributed by atoms with E-state index >= 15 is 0 Å². The Morgan fingerprint density at radius 2 is 1.77 bits per heavy atom. The first-order chi connectivity index (χ1) is 10.7. The zero-order valence-corrected chi connectivity index (χ0v) is 12.2. The average molecular weight is 292 g/mol. The molecular formula is C18H16N2O2. The van der Waals surface area contributed by atoms with E-state index in [4.69, 9.17) is 0 Å². The van der Waals surface area contributed by atoms with Crippen molar-refractivity contribution in [2.75, 3.05) is 0 Å². The van der Waals surface area contributed by atoms with Gasteiger partial charge in [-0.3, -0.25) is 0 Å². The van der Waals surface area contributed by atoms with Gasteiger partial charge in [-0.05, 0) is 24.1 Å². The SMILES string of the molecule is CCc1ccc(-c2nn(-c3ccccc3)cc2C(=O)O)cc1. The van der Waals surface area contributed by atoms with Crippen LogP contribution in [0.15, 0.2) is 60.8 Å². The number of aromatic carboxylic acids is 1. The number of para-hydroxylation sites is 1. The molecule has 0 fully saturated rings. The van der Waals surface area contributed by atoms with Gasteiger partial charge in [0, 0.05) is 11.8 Å². The fourth-order valence-electron chi connectivity index (χ4n) is 2.35. The summed E-state index contributed by atoms with van der Waals surface area (Å²) >= 11 is 0. The lowest BCUT2D eigenvalue weighted by Gasteiger charge is -2.02. The van der Waals surface area contributed by atoms with Gasteiger partial charge in [0.05, 0.1) is 5.69 Å². The Bertz CT molecular complexity index is 790. The maximum absolute atomic E-state index is 11.5. The van der Waals surface area contributed by atoms with Gasteiger partial charge in [-0.25, -0.2) is 9.48 Å². The van der Waals surface area contributed by atoms with Gasteiger partial charge in [-0.2, -0.15) is 5.10 Å². The van der Waals surface area contributed by atoms with Crippen molar-refractivity contribution >= 4 is 5.97 Å². The molecule has 0 bridgehead atoms. The van der Waals surface area contributed by atoms with E-state index in [-0.39, 0.29) is 5.56 Å². The summed E-state index contributed by atoms with van der Waals surface area (Å²) in [6.07, 6.45) is 2.51. The number of hydrogen-bond donors (Lipinski definition) is 1. The molecule has 110 valence electrons. The molecule has 0 aliphatic carbocycles. The maximum atomic E-state index is 11.5. The minimum Gasteiger partial charge on any atom is -0.478 e. The fourth-order valence-corrected chi connectivity index (χ4v) is 2.35. The van der Waals surface area contributed by atoms with Crippen LogP contribution in [0.25, 0.3) is 16.9 Å². The van der Waals surface area contributed by atoms with E-state index in [2.05, 4.69) is 12.0 Å². The topological polar surface area (TPSA) is 55.1 Å². The lowest BCUT2D eigenvalue weighted by atomic mass is 10.1. The molecule has 2 aromatic carbocycles. The van der Waals surface area contributed by atoms with Crippen molar-refractivity contribution in [1.82, 2.24) is 9.78 Å². The van der Waals surface area contributed by atoms with Crippen LogP contribution in [-0.2, 0) is 6.42 Å². The van der Waals surface area contributed by atoms with E-state index < -0.39 is 5.97 Å². The van der Waals surface area contributed by atoms with Crippen LogP contribution in [0.1, 0.15) is 22.8 Å². The zero-order chi connectivity index (χ0) is 15.5. The molecule has 3 rings (SSSR count). The summed E-state index contributed by atoms with van der Waals surface area (Å²) in [5.41, 5.74) is 3.54. The summed E-state index contributed by atoms with van der Waals surface area (Å²) < 4.78 is 1.60. The number of nitrogens with zero attached hydrogens (tertiary/aromatic N) is 2. The van der Waals surface area contributed by atoms with Gasteiger partial charge >= 0.3 is 5.97 Å². The molecule has 1 N–H and O–H groups in total. The van der Waals surface area contributed by atoms with E-state index in [0.29, 0.717) is 5.69 Å². The molecule has 0 spiro atoms. The number of rotatable bonds is 4. The Morgan fingerprint density at radius 1 is 1.09 bits per heavy atom. The molecule has 0 aliphatic rings. The normalized spacial score (nSPS) is 10.6. The smallest absolute Gasteiger partial charge is 0.339 e. The van der Waals surface area contributed by atoms with Crippen molar-refractivity contribution in [3.05, 3.63) is 71.9 Å². The molecule has 22 heavy (non-hydrogen) atoms. The molecule has 4 nitrogen and oxygen atoms in total. The van der Waals surface area contributed by atoms with E-state index in [9.17, 15) is 9.90 Å². The zero-order valence-electron chi connectivity index (χ0n) is 12.2. The summed E-state index contributed by atoms with van der Waals surface area (Å²) in [5.74, 6) is -0.975. The fraction of sp³-hybridized carbons (Fsp3) is 0.111. The van der Waals surface area contributed by atoms with Gasteiger partial charge in [-0.15, -0.1) is 0 Å². The van der Waals surface area contributed by atoms with Crippen LogP contribution in [0.4, 0.5) is 0 Å². The van der Waals surface area contributed by atoms with Crippen molar-refractivity contribution in [2.24, 2.45) is 0 Å². The minimum absolute atomic E-state index is 0.202. The van der Waals surface area contributed by atoms with Gasteiger partial charge in [0.25, 0.3) is 0 Å². The summed E-state index contributed by atoms with van der Waals surface area (Å²) in [6.45, 7) is 2.09. The van der Waals surface area contributed by atoms with Gasteiger partial charge in [0.1, 0.15) is 11.3 Å². The molecule has 0 aliphatic heterocycles. The lowest BCUT2D eigenvalue weighted by Crippen LogP contribution is -1.96. The summed E-state index contributed by atoms with van der Waals surface area (Å²) in [6, 6.07) is 17.3.